The van der Waals surface area contributed by atoms with Gasteiger partial charge in [0.05, 0.1) is 11.7 Å². The summed E-state index contributed by atoms with van der Waals surface area (Å²) in [6.45, 7) is 6.09. The van der Waals surface area contributed by atoms with Crippen LogP contribution in [0.25, 0.3) is 0 Å². The number of sulfonamides is 1. The van der Waals surface area contributed by atoms with E-state index in [1.165, 1.54) is 17.8 Å². The average Bonchev–Trinajstić information content (AvgIpc) is 2.78. The highest BCUT2D eigenvalue weighted by molar-refractivity contribution is 7.89. The molecule has 0 saturated heterocycles. The van der Waals surface area contributed by atoms with E-state index < -0.39 is 22.0 Å². The van der Waals surface area contributed by atoms with Gasteiger partial charge in [0, 0.05) is 6.20 Å². The van der Waals surface area contributed by atoms with E-state index in [2.05, 4.69) is 40.8 Å². The van der Waals surface area contributed by atoms with Crippen molar-refractivity contribution in [3.63, 3.8) is 0 Å². The highest BCUT2D eigenvalue weighted by atomic mass is 35.5. The molecule has 2 heterocycles. The smallest absolute Gasteiger partial charge is 0.322 e. The summed E-state index contributed by atoms with van der Waals surface area (Å²) >= 11 is 0. The molecule has 0 fully saturated rings. The molecular formula is C24H29ClN4O4S. The summed E-state index contributed by atoms with van der Waals surface area (Å²) in [7, 11) is -3.91. The summed E-state index contributed by atoms with van der Waals surface area (Å²) in [5.74, 6) is -0.673. The van der Waals surface area contributed by atoms with Crippen molar-refractivity contribution in [2.75, 3.05) is 11.9 Å². The van der Waals surface area contributed by atoms with Gasteiger partial charge in [0.1, 0.15) is 12.4 Å². The molecule has 1 unspecified atom stereocenters. The van der Waals surface area contributed by atoms with Crippen molar-refractivity contribution in [2.24, 2.45) is 0 Å². The number of rotatable bonds is 9. The molecule has 1 atom stereocenters. The van der Waals surface area contributed by atoms with E-state index in [9.17, 15) is 13.2 Å². The zero-order valence-electron chi connectivity index (χ0n) is 19.2. The van der Waals surface area contributed by atoms with E-state index in [0.717, 1.165) is 5.56 Å². The fourth-order valence-electron chi connectivity index (χ4n) is 3.25. The van der Waals surface area contributed by atoms with Gasteiger partial charge in [0.25, 0.3) is 10.0 Å². The minimum absolute atomic E-state index is 0. The van der Waals surface area contributed by atoms with Crippen LogP contribution in [0.3, 0.4) is 0 Å². The van der Waals surface area contributed by atoms with E-state index in [4.69, 9.17) is 5.11 Å². The Kier molecular flexibility index (Phi) is 9.14. The minimum Gasteiger partial charge on any atom is -0.480 e. The quantitative estimate of drug-likeness (QED) is 0.403. The second-order valence-electron chi connectivity index (χ2n) is 8.69. The number of carboxylic acids is 1. The topological polar surface area (TPSA) is 121 Å². The van der Waals surface area contributed by atoms with Crippen molar-refractivity contribution in [1.82, 2.24) is 14.7 Å². The summed E-state index contributed by atoms with van der Waals surface area (Å²) in [5.41, 5.74) is 2.58. The lowest BCUT2D eigenvalue weighted by molar-refractivity contribution is -0.134. The van der Waals surface area contributed by atoms with Crippen LogP contribution in [0.5, 0.6) is 0 Å². The molecule has 0 saturated carbocycles. The molecule has 0 aliphatic carbocycles. The Balaban J connectivity index is 0.00000408. The average molecular weight is 505 g/mol. The Labute approximate surface area is 206 Å². The molecule has 0 radical (unpaired) electrons. The summed E-state index contributed by atoms with van der Waals surface area (Å²) in [5, 5.41) is 11.6. The molecule has 182 valence electrons. The third-order valence-electron chi connectivity index (χ3n) is 5.02. The van der Waals surface area contributed by atoms with Crippen molar-refractivity contribution in [1.29, 1.82) is 0 Å². The maximum atomic E-state index is 13.0. The Morgan fingerprint density at radius 1 is 1.03 bits per heavy atom. The number of hydrogen-bond donors (Lipinski definition) is 3. The summed E-state index contributed by atoms with van der Waals surface area (Å²) in [6, 6.07) is 17.1. The maximum Gasteiger partial charge on any atom is 0.322 e. The van der Waals surface area contributed by atoms with Crippen LogP contribution < -0.4 is 10.0 Å². The summed E-state index contributed by atoms with van der Waals surface area (Å²) in [6.07, 6.45) is 1.77. The molecule has 0 bridgehead atoms. The lowest BCUT2D eigenvalue weighted by atomic mass is 9.86. The number of carboxylic acid groups (broad SMARTS) is 1. The second-order valence-corrected chi connectivity index (χ2v) is 10.3. The van der Waals surface area contributed by atoms with Crippen molar-refractivity contribution in [3.05, 3.63) is 83.7 Å². The fourth-order valence-corrected chi connectivity index (χ4v) is 4.40. The molecule has 8 nitrogen and oxygen atoms in total. The van der Waals surface area contributed by atoms with Crippen LogP contribution in [-0.4, -0.2) is 36.0 Å². The van der Waals surface area contributed by atoms with Crippen LogP contribution in [-0.2, 0) is 26.7 Å². The number of pyridine rings is 2. The van der Waals surface area contributed by atoms with E-state index in [1.54, 1.807) is 30.3 Å². The SMILES string of the molecule is CC(C)(C)c1ccc(CC(NS(=O)(=O)c2ccccn2)c2cccc(NCC(=O)O)n2)cc1.Cl. The molecule has 10 heteroatoms. The zero-order chi connectivity index (χ0) is 24.1. The standard InChI is InChI=1S/C24H28N4O4S.ClH/c1-24(2,3)18-12-10-17(11-13-18)15-20(28-33(31,32)22-9-4-5-14-25-22)19-7-6-8-21(27-19)26-16-23(29)30;/h4-14,20,28H,15-16H2,1-3H3,(H,26,27)(H,29,30);1H. The van der Waals surface area contributed by atoms with Gasteiger partial charge in [-0.15, -0.1) is 12.4 Å². The predicted molar refractivity (Wildman–Crippen MR) is 134 cm³/mol. The molecule has 0 aliphatic rings. The van der Waals surface area contributed by atoms with Crippen molar-refractivity contribution >= 4 is 34.2 Å². The first-order chi connectivity index (χ1) is 15.5. The van der Waals surface area contributed by atoms with Gasteiger partial charge in [-0.2, -0.15) is 0 Å². The normalized spacial score (nSPS) is 12.4. The van der Waals surface area contributed by atoms with Crippen LogP contribution in [0.4, 0.5) is 5.82 Å². The third kappa shape index (κ3) is 7.51. The van der Waals surface area contributed by atoms with Crippen molar-refractivity contribution < 1.29 is 18.3 Å². The lowest BCUT2D eigenvalue weighted by Crippen LogP contribution is -2.31. The third-order valence-corrected chi connectivity index (χ3v) is 6.41. The van der Waals surface area contributed by atoms with Gasteiger partial charge in [-0.05, 0) is 47.2 Å². The predicted octanol–water partition coefficient (Wildman–Crippen LogP) is 3.95. The number of nitrogens with zero attached hydrogens (tertiary/aromatic N) is 2. The first kappa shape index (κ1) is 27.2. The molecule has 1 aromatic carbocycles. The first-order valence-corrected chi connectivity index (χ1v) is 12.0. The molecule has 34 heavy (non-hydrogen) atoms. The van der Waals surface area contributed by atoms with Gasteiger partial charge in [0.15, 0.2) is 5.03 Å². The number of benzene rings is 1. The minimum atomic E-state index is -3.91. The number of hydrogen-bond acceptors (Lipinski definition) is 6. The van der Waals surface area contributed by atoms with Gasteiger partial charge >= 0.3 is 5.97 Å². The molecule has 0 amide bonds. The van der Waals surface area contributed by atoms with Crippen LogP contribution >= 0.6 is 12.4 Å². The number of halogens is 1. The molecule has 3 aromatic rings. The van der Waals surface area contributed by atoms with E-state index in [1.807, 2.05) is 24.3 Å². The van der Waals surface area contributed by atoms with E-state index in [0.29, 0.717) is 17.9 Å². The number of aromatic nitrogens is 2. The number of aliphatic carboxylic acids is 1. The first-order valence-electron chi connectivity index (χ1n) is 10.5. The van der Waals surface area contributed by atoms with E-state index in [-0.39, 0.29) is 29.4 Å². The molecular weight excluding hydrogens is 476 g/mol. The van der Waals surface area contributed by atoms with Crippen molar-refractivity contribution in [3.8, 4) is 0 Å². The molecule has 2 aromatic heterocycles. The Morgan fingerprint density at radius 3 is 2.32 bits per heavy atom. The Bertz CT molecular complexity index is 1200. The van der Waals surface area contributed by atoms with Crippen molar-refractivity contribution in [2.45, 2.75) is 43.7 Å². The Morgan fingerprint density at radius 2 is 1.74 bits per heavy atom. The molecule has 0 spiro atoms. The summed E-state index contributed by atoms with van der Waals surface area (Å²) in [4.78, 5) is 19.3. The lowest BCUT2D eigenvalue weighted by Gasteiger charge is -2.21. The largest absolute Gasteiger partial charge is 0.480 e. The molecule has 3 N–H and O–H groups in total. The van der Waals surface area contributed by atoms with Gasteiger partial charge in [0.2, 0.25) is 0 Å². The van der Waals surface area contributed by atoms with Gasteiger partial charge in [-0.3, -0.25) is 4.79 Å². The number of anilines is 1. The zero-order valence-corrected chi connectivity index (χ0v) is 20.9. The fraction of sp³-hybridized carbons (Fsp3) is 0.292. The summed E-state index contributed by atoms with van der Waals surface area (Å²) < 4.78 is 28.7. The highest BCUT2D eigenvalue weighted by Gasteiger charge is 2.24. The van der Waals surface area contributed by atoms with Gasteiger partial charge < -0.3 is 10.4 Å². The van der Waals surface area contributed by atoms with Crippen LogP contribution in [0.15, 0.2) is 71.9 Å². The maximum absolute atomic E-state index is 13.0. The number of carbonyl (C=O) groups is 1. The molecule has 0 aliphatic heterocycles. The van der Waals surface area contributed by atoms with Crippen LogP contribution in [0.2, 0.25) is 0 Å². The van der Waals surface area contributed by atoms with E-state index >= 15 is 0 Å². The second kappa shape index (κ2) is 11.4. The number of nitrogens with one attached hydrogen (secondary N) is 2. The Hall–Kier alpha value is -3.01. The highest BCUT2D eigenvalue weighted by Crippen LogP contribution is 2.25. The van der Waals surface area contributed by atoms with Gasteiger partial charge in [-0.25, -0.2) is 23.1 Å². The monoisotopic (exact) mass is 504 g/mol. The van der Waals surface area contributed by atoms with Gasteiger partial charge in [-0.1, -0.05) is 57.2 Å². The molecule has 3 rings (SSSR count). The van der Waals surface area contributed by atoms with Crippen LogP contribution in [0.1, 0.15) is 43.6 Å². The van der Waals surface area contributed by atoms with Crippen LogP contribution in [0, 0.1) is 0 Å².